The summed E-state index contributed by atoms with van der Waals surface area (Å²) in [6.45, 7) is 50.5. The molecule has 0 aromatic heterocycles. The number of hydrogen-bond acceptors (Lipinski definition) is 9. The molecule has 0 saturated heterocycles. The number of rotatable bonds is 19. The van der Waals surface area contributed by atoms with Crippen LogP contribution in [0.4, 0.5) is 13.2 Å². The third kappa shape index (κ3) is 26.9. The van der Waals surface area contributed by atoms with Crippen LogP contribution in [0, 0.1) is 51.2 Å². The van der Waals surface area contributed by atoms with Gasteiger partial charge in [-0.15, -0.1) is 0 Å². The van der Waals surface area contributed by atoms with E-state index in [1.54, 1.807) is 24.3 Å². The minimum atomic E-state index is -4.23. The lowest BCUT2D eigenvalue weighted by molar-refractivity contribution is -0.202. The van der Waals surface area contributed by atoms with Gasteiger partial charge >= 0.3 is 30.1 Å². The van der Waals surface area contributed by atoms with E-state index in [1.165, 1.54) is 81.8 Å². The van der Waals surface area contributed by atoms with Crippen molar-refractivity contribution in [3.05, 3.63) is 101 Å². The summed E-state index contributed by atoms with van der Waals surface area (Å²) in [7, 11) is 0. The molecular weight excluding hydrogens is 1170 g/mol. The number of phenols is 1. The molecule has 4 bridgehead atoms. The van der Waals surface area contributed by atoms with Crippen molar-refractivity contribution in [1.82, 2.24) is 0 Å². The van der Waals surface area contributed by atoms with Gasteiger partial charge in [0.05, 0.1) is 27.7 Å². The maximum Gasteiger partial charge on any atom is 0.416 e. The quantitative estimate of drug-likeness (QED) is 0.0922. The molecular formula is C81H131F3O9. The van der Waals surface area contributed by atoms with Gasteiger partial charge in [0.1, 0.15) is 28.7 Å². The lowest BCUT2D eigenvalue weighted by atomic mass is 9.46. The Morgan fingerprint density at radius 1 is 0.495 bits per heavy atom. The van der Waals surface area contributed by atoms with Crippen LogP contribution in [0.3, 0.4) is 0 Å². The number of ether oxygens (including phenoxy) is 4. The van der Waals surface area contributed by atoms with Crippen LogP contribution >= 0.6 is 0 Å². The van der Waals surface area contributed by atoms with Gasteiger partial charge in [-0.2, -0.15) is 13.2 Å². The Morgan fingerprint density at radius 3 is 1.24 bits per heavy atom. The van der Waals surface area contributed by atoms with Crippen LogP contribution in [0.1, 0.15) is 334 Å². The van der Waals surface area contributed by atoms with Crippen molar-refractivity contribution in [2.24, 2.45) is 51.2 Å². The van der Waals surface area contributed by atoms with Gasteiger partial charge in [-0.1, -0.05) is 144 Å². The fourth-order valence-electron chi connectivity index (χ4n) is 12.4. The molecule has 0 aliphatic heterocycles. The summed E-state index contributed by atoms with van der Waals surface area (Å²) in [5, 5.41) is 9.01. The highest BCUT2D eigenvalue weighted by Gasteiger charge is 2.59. The standard InChI is InChI=1S/C18H30O2.C17H26O2.C15H28O2.C11H13F3.C10H20O2.C10H14O/c1-5-12(2)16(19)20-17(3,4)18-9-13-6-14(10-18)8-15(7-13)11-18;1-7-17(5,6)16(18)19-13(4)15-10-8-14(9-11-15)12(2)3;1-6-14(2,3)13(16)17-15(4,5)12-10-8-7-9-11-12;1-3-8(2)9-4-6-10(7-5-9)11(12,13)14;1-7-10(5,6)8(11)12-9(2,3)4;1-3-8(2)9-4-6-10(11)7-5-9/h12-15H,5-11H2,1-4H3;8-13H,7H2,1-6H3;12H,6-11H2,1-5H3;4-8H,3H2,1-2H3;7H2,1-6H3;4-8,11H,3H2,1-2H3. The number of carbonyl (C=O) groups excluding carboxylic acids is 4. The van der Waals surface area contributed by atoms with Crippen molar-refractivity contribution in [1.29, 1.82) is 0 Å². The second-order valence-electron chi connectivity index (χ2n) is 32.2. The fraction of sp³-hybridized carbons (Fsp3) is 0.728. The molecule has 5 aliphatic carbocycles. The fourth-order valence-corrected chi connectivity index (χ4v) is 12.4. The summed E-state index contributed by atoms with van der Waals surface area (Å²) in [5.74, 6) is 4.78. The van der Waals surface area contributed by atoms with Crippen LogP contribution < -0.4 is 0 Å². The van der Waals surface area contributed by atoms with Crippen LogP contribution in [0.25, 0.3) is 0 Å². The zero-order valence-electron chi connectivity index (χ0n) is 63.0. The predicted octanol–water partition coefficient (Wildman–Crippen LogP) is 23.6. The summed E-state index contributed by atoms with van der Waals surface area (Å²) >= 11 is 0. The highest BCUT2D eigenvalue weighted by Crippen LogP contribution is 2.64. The minimum Gasteiger partial charge on any atom is -0.508 e. The molecule has 530 valence electrons. The Labute approximate surface area is 564 Å². The maximum atomic E-state index is 12.3. The van der Waals surface area contributed by atoms with E-state index in [4.69, 9.17) is 24.1 Å². The second-order valence-corrected chi connectivity index (χ2v) is 32.2. The van der Waals surface area contributed by atoms with Crippen molar-refractivity contribution in [2.75, 3.05) is 0 Å². The van der Waals surface area contributed by atoms with E-state index in [0.29, 0.717) is 29.4 Å². The molecule has 0 amide bonds. The predicted molar refractivity (Wildman–Crippen MR) is 377 cm³/mol. The molecule has 4 unspecified atom stereocenters. The zero-order valence-corrected chi connectivity index (χ0v) is 63.0. The molecule has 8 rings (SSSR count). The van der Waals surface area contributed by atoms with Crippen LogP contribution in [0.2, 0.25) is 0 Å². The summed E-state index contributed by atoms with van der Waals surface area (Å²) in [4.78, 5) is 47.9. The molecule has 5 aliphatic rings. The minimum absolute atomic E-state index is 0.00763. The zero-order chi connectivity index (χ0) is 71.3. The van der Waals surface area contributed by atoms with E-state index in [-0.39, 0.29) is 68.9 Å². The Hall–Kier alpha value is -4.87. The van der Waals surface area contributed by atoms with Crippen molar-refractivity contribution in [2.45, 2.75) is 329 Å². The number of halogens is 3. The van der Waals surface area contributed by atoms with Gasteiger partial charge in [0.25, 0.3) is 0 Å². The first-order valence-corrected chi connectivity index (χ1v) is 35.8. The van der Waals surface area contributed by atoms with E-state index in [9.17, 15) is 32.3 Å². The number of esters is 4. The number of aromatic hydroxyl groups is 1. The molecule has 5 fully saturated rings. The SMILES string of the molecule is CCC(C)(C)C(=O)OC(C)(C)C.CCC(C)(C)C(=O)OC(C)(C)C1CCCCC1.CCC(C)(C)C(=O)OC(C)c1ccc(C(C)C)cc1.CCC(C)C(=O)OC(C)(C)C12CC3CC(CC(C3)C1)C2.CCC(C)c1ccc(C(F)(F)F)cc1.CCC(C)c1ccc(O)cc1. The first-order valence-electron chi connectivity index (χ1n) is 35.8. The van der Waals surface area contributed by atoms with Crippen LogP contribution in [-0.2, 0) is 44.3 Å². The van der Waals surface area contributed by atoms with Gasteiger partial charge in [0.15, 0.2) is 0 Å². The van der Waals surface area contributed by atoms with Gasteiger partial charge in [0, 0.05) is 5.41 Å². The number of phenolic OH excluding ortho intramolecular Hbond substituents is 1. The number of carbonyl (C=O) groups is 4. The molecule has 3 aromatic rings. The van der Waals surface area contributed by atoms with Gasteiger partial charge in [-0.05, 0) is 275 Å². The lowest BCUT2D eigenvalue weighted by Gasteiger charge is -2.61. The number of benzene rings is 3. The highest BCUT2D eigenvalue weighted by atomic mass is 19.4. The Bertz CT molecular complexity index is 2650. The third-order valence-electron chi connectivity index (χ3n) is 21.2. The third-order valence-corrected chi connectivity index (χ3v) is 21.2. The molecule has 12 heteroatoms. The van der Waals surface area contributed by atoms with Gasteiger partial charge in [0.2, 0.25) is 0 Å². The number of hydrogen-bond donors (Lipinski definition) is 1. The van der Waals surface area contributed by atoms with E-state index in [0.717, 1.165) is 79.5 Å². The monoisotopic (exact) mass is 1300 g/mol. The average molecular weight is 1310 g/mol. The molecule has 9 nitrogen and oxygen atoms in total. The van der Waals surface area contributed by atoms with Crippen molar-refractivity contribution >= 4 is 23.9 Å². The molecule has 4 atom stereocenters. The van der Waals surface area contributed by atoms with Crippen molar-refractivity contribution in [3.63, 3.8) is 0 Å². The van der Waals surface area contributed by atoms with E-state index in [1.807, 2.05) is 135 Å². The topological polar surface area (TPSA) is 125 Å². The summed E-state index contributed by atoms with van der Waals surface area (Å²) in [6, 6.07) is 21.1. The molecule has 1 N–H and O–H groups in total. The Morgan fingerprint density at radius 2 is 0.871 bits per heavy atom. The molecule has 0 heterocycles. The molecule has 5 saturated carbocycles. The smallest absolute Gasteiger partial charge is 0.416 e. The van der Waals surface area contributed by atoms with Crippen molar-refractivity contribution < 1.29 is 56.4 Å². The van der Waals surface area contributed by atoms with Gasteiger partial charge in [-0.3, -0.25) is 19.2 Å². The first-order chi connectivity index (χ1) is 42.8. The largest absolute Gasteiger partial charge is 0.508 e. The van der Waals surface area contributed by atoms with E-state index in [2.05, 4.69) is 74.4 Å². The normalized spacial score (nSPS) is 20.3. The van der Waals surface area contributed by atoms with E-state index >= 15 is 0 Å². The Balaban J connectivity index is 0.000000385. The van der Waals surface area contributed by atoms with Crippen molar-refractivity contribution in [3.8, 4) is 5.75 Å². The second kappa shape index (κ2) is 36.5. The maximum absolute atomic E-state index is 12.3. The van der Waals surface area contributed by atoms with Crippen LogP contribution in [0.15, 0.2) is 72.8 Å². The lowest BCUT2D eigenvalue weighted by Crippen LogP contribution is -2.57. The summed E-state index contributed by atoms with van der Waals surface area (Å²) in [6.07, 6.45) is 15.4. The van der Waals surface area contributed by atoms with E-state index < -0.39 is 17.2 Å². The molecule has 0 spiro atoms. The first kappa shape index (κ1) is 84.2. The number of alkyl halides is 3. The highest BCUT2D eigenvalue weighted by molar-refractivity contribution is 5.77. The van der Waals surface area contributed by atoms with Gasteiger partial charge in [-0.25, -0.2) is 0 Å². The molecule has 0 radical (unpaired) electrons. The van der Waals surface area contributed by atoms with Gasteiger partial charge < -0.3 is 24.1 Å². The summed E-state index contributed by atoms with van der Waals surface area (Å²) < 4.78 is 59.2. The molecule has 3 aromatic carbocycles. The van der Waals surface area contributed by atoms with Crippen LogP contribution in [-0.4, -0.2) is 45.8 Å². The molecule has 93 heavy (non-hydrogen) atoms. The average Bonchev–Trinajstić information content (AvgIpc) is 0.726. The van der Waals surface area contributed by atoms with Crippen LogP contribution in [0.5, 0.6) is 5.75 Å². The summed E-state index contributed by atoms with van der Waals surface area (Å²) in [5.41, 5.74) is 2.21. The Kier molecular flexibility index (Phi) is 33.0.